The van der Waals surface area contributed by atoms with Gasteiger partial charge in [-0.2, -0.15) is 0 Å². The average Bonchev–Trinajstić information content (AvgIpc) is 3.53. The standard InChI is InChI=1S/C25H29N3O3/c29-23(27-17-6-2-1-3-7-17)21-20-10-12-25(31-20)15-28(24(30)22(21)25)13-11-16-14-26-19-9-5-4-8-18(16)19/h4-5,8-10,12,14,17,20-22,26H,1-3,6-7,11,13,15H2,(H,27,29)/t20-,21-,22-,25+/m0/s1. The summed E-state index contributed by atoms with van der Waals surface area (Å²) in [5, 5.41) is 4.44. The van der Waals surface area contributed by atoms with Gasteiger partial charge in [0.15, 0.2) is 0 Å². The molecule has 6 rings (SSSR count). The summed E-state index contributed by atoms with van der Waals surface area (Å²) in [6, 6.07) is 8.48. The number of aromatic amines is 1. The second kappa shape index (κ2) is 7.23. The molecule has 6 heteroatoms. The van der Waals surface area contributed by atoms with Crippen LogP contribution in [0.5, 0.6) is 0 Å². The molecule has 2 saturated heterocycles. The number of rotatable bonds is 5. The minimum Gasteiger partial charge on any atom is -0.361 e. The molecular formula is C25H29N3O3. The highest BCUT2D eigenvalue weighted by atomic mass is 16.5. The second-order valence-electron chi connectivity index (χ2n) is 9.61. The third-order valence-corrected chi connectivity index (χ3v) is 7.76. The van der Waals surface area contributed by atoms with Crippen molar-refractivity contribution in [2.45, 2.75) is 56.3 Å². The Morgan fingerprint density at radius 2 is 2.06 bits per heavy atom. The molecule has 162 valence electrons. The van der Waals surface area contributed by atoms with Gasteiger partial charge in [-0.3, -0.25) is 9.59 Å². The number of para-hydroxylation sites is 1. The van der Waals surface area contributed by atoms with Gasteiger partial charge in [-0.25, -0.2) is 0 Å². The molecule has 31 heavy (non-hydrogen) atoms. The number of benzene rings is 1. The number of carbonyl (C=O) groups is 2. The molecule has 1 saturated carbocycles. The molecule has 0 unspecified atom stereocenters. The van der Waals surface area contributed by atoms with Crippen LogP contribution in [-0.2, 0) is 20.7 Å². The van der Waals surface area contributed by atoms with Crippen molar-refractivity contribution >= 4 is 22.7 Å². The van der Waals surface area contributed by atoms with Crippen LogP contribution >= 0.6 is 0 Å². The van der Waals surface area contributed by atoms with Crippen molar-refractivity contribution in [3.63, 3.8) is 0 Å². The van der Waals surface area contributed by atoms with E-state index in [1.165, 1.54) is 30.2 Å². The van der Waals surface area contributed by atoms with Crippen molar-refractivity contribution in [2.75, 3.05) is 13.1 Å². The Morgan fingerprint density at radius 1 is 1.23 bits per heavy atom. The molecular weight excluding hydrogens is 390 g/mol. The van der Waals surface area contributed by atoms with Gasteiger partial charge in [-0.15, -0.1) is 0 Å². The maximum absolute atomic E-state index is 13.4. The largest absolute Gasteiger partial charge is 0.361 e. The molecule has 4 heterocycles. The van der Waals surface area contributed by atoms with E-state index >= 15 is 0 Å². The van der Waals surface area contributed by atoms with Gasteiger partial charge in [-0.1, -0.05) is 49.6 Å². The van der Waals surface area contributed by atoms with Crippen molar-refractivity contribution in [1.82, 2.24) is 15.2 Å². The quantitative estimate of drug-likeness (QED) is 0.732. The summed E-state index contributed by atoms with van der Waals surface area (Å²) >= 11 is 0. The summed E-state index contributed by atoms with van der Waals surface area (Å²) in [6.45, 7) is 1.18. The molecule has 6 nitrogen and oxygen atoms in total. The van der Waals surface area contributed by atoms with Gasteiger partial charge in [0.2, 0.25) is 11.8 Å². The predicted molar refractivity (Wildman–Crippen MR) is 117 cm³/mol. The van der Waals surface area contributed by atoms with Gasteiger partial charge in [0, 0.05) is 29.7 Å². The molecule has 1 aliphatic carbocycles. The molecule has 2 N–H and O–H groups in total. The third-order valence-electron chi connectivity index (χ3n) is 7.76. The fourth-order valence-electron chi connectivity index (χ4n) is 6.21. The van der Waals surface area contributed by atoms with E-state index in [-0.39, 0.29) is 24.0 Å². The molecule has 1 aromatic heterocycles. The van der Waals surface area contributed by atoms with Crippen LogP contribution in [0.4, 0.5) is 0 Å². The number of hydrogen-bond donors (Lipinski definition) is 2. The van der Waals surface area contributed by atoms with Gasteiger partial charge in [0.05, 0.1) is 24.5 Å². The predicted octanol–water partition coefficient (Wildman–Crippen LogP) is 2.94. The van der Waals surface area contributed by atoms with Gasteiger partial charge in [0.25, 0.3) is 0 Å². The Bertz CT molecular complexity index is 1050. The Balaban J connectivity index is 1.17. The number of hydrogen-bond acceptors (Lipinski definition) is 3. The first-order valence-corrected chi connectivity index (χ1v) is 11.7. The fourth-order valence-corrected chi connectivity index (χ4v) is 6.21. The van der Waals surface area contributed by atoms with Crippen LogP contribution in [0.1, 0.15) is 37.7 Å². The number of likely N-dealkylation sites (tertiary alicyclic amines) is 1. The van der Waals surface area contributed by atoms with E-state index in [9.17, 15) is 9.59 Å². The lowest BCUT2D eigenvalue weighted by Gasteiger charge is -2.28. The van der Waals surface area contributed by atoms with Crippen molar-refractivity contribution < 1.29 is 14.3 Å². The molecule has 2 bridgehead atoms. The Morgan fingerprint density at radius 3 is 2.94 bits per heavy atom. The zero-order valence-corrected chi connectivity index (χ0v) is 17.7. The summed E-state index contributed by atoms with van der Waals surface area (Å²) in [5.41, 5.74) is 1.70. The van der Waals surface area contributed by atoms with Gasteiger partial charge in [0.1, 0.15) is 5.60 Å². The molecule has 4 aliphatic rings. The molecule has 4 atom stereocenters. The van der Waals surface area contributed by atoms with Crippen molar-refractivity contribution in [3.05, 3.63) is 48.2 Å². The molecule has 3 fully saturated rings. The van der Waals surface area contributed by atoms with E-state index in [0.29, 0.717) is 13.1 Å². The maximum atomic E-state index is 13.4. The van der Waals surface area contributed by atoms with Crippen LogP contribution in [0, 0.1) is 11.8 Å². The van der Waals surface area contributed by atoms with E-state index < -0.39 is 17.4 Å². The molecule has 3 aliphatic heterocycles. The summed E-state index contributed by atoms with van der Waals surface area (Å²) in [6.07, 6.45) is 12.3. The first-order valence-electron chi connectivity index (χ1n) is 11.7. The molecule has 2 amide bonds. The zero-order valence-electron chi connectivity index (χ0n) is 17.7. The zero-order chi connectivity index (χ0) is 21.0. The first-order chi connectivity index (χ1) is 15.1. The number of ether oxygens (including phenoxy) is 1. The van der Waals surface area contributed by atoms with Gasteiger partial charge in [-0.05, 0) is 30.9 Å². The van der Waals surface area contributed by atoms with E-state index in [0.717, 1.165) is 24.8 Å². The van der Waals surface area contributed by atoms with Crippen LogP contribution in [0.15, 0.2) is 42.6 Å². The lowest BCUT2D eigenvalue weighted by Crippen LogP contribution is -2.47. The Kier molecular flexibility index (Phi) is 4.46. The average molecular weight is 420 g/mol. The van der Waals surface area contributed by atoms with E-state index in [2.05, 4.69) is 22.4 Å². The number of amides is 2. The summed E-state index contributed by atoms with van der Waals surface area (Å²) in [4.78, 5) is 31.8. The van der Waals surface area contributed by atoms with Crippen molar-refractivity contribution in [3.8, 4) is 0 Å². The number of fused-ring (bicyclic) bond motifs is 2. The maximum Gasteiger partial charge on any atom is 0.230 e. The lowest BCUT2D eigenvalue weighted by atomic mass is 9.76. The smallest absolute Gasteiger partial charge is 0.230 e. The Labute approximate surface area is 182 Å². The molecule has 1 aromatic carbocycles. The third kappa shape index (κ3) is 3.03. The highest BCUT2D eigenvalue weighted by Crippen LogP contribution is 2.52. The van der Waals surface area contributed by atoms with Crippen molar-refractivity contribution in [2.24, 2.45) is 11.8 Å². The normalized spacial score (nSPS) is 32.2. The number of aromatic nitrogens is 1. The highest BCUT2D eigenvalue weighted by Gasteiger charge is 2.66. The topological polar surface area (TPSA) is 74.4 Å². The molecule has 1 spiro atoms. The monoisotopic (exact) mass is 419 g/mol. The van der Waals surface area contributed by atoms with Crippen LogP contribution in [0.2, 0.25) is 0 Å². The van der Waals surface area contributed by atoms with Crippen LogP contribution in [0.25, 0.3) is 10.9 Å². The van der Waals surface area contributed by atoms with Crippen LogP contribution < -0.4 is 5.32 Å². The van der Waals surface area contributed by atoms with Crippen molar-refractivity contribution in [1.29, 1.82) is 0 Å². The number of nitrogens with one attached hydrogen (secondary N) is 2. The van der Waals surface area contributed by atoms with Crippen LogP contribution in [0.3, 0.4) is 0 Å². The fraction of sp³-hybridized carbons (Fsp3) is 0.520. The van der Waals surface area contributed by atoms with E-state index in [4.69, 9.17) is 4.74 Å². The minimum absolute atomic E-state index is 0.0000430. The summed E-state index contributed by atoms with van der Waals surface area (Å²) < 4.78 is 6.27. The first kappa shape index (κ1) is 19.1. The van der Waals surface area contributed by atoms with Gasteiger partial charge >= 0.3 is 0 Å². The van der Waals surface area contributed by atoms with E-state index in [1.807, 2.05) is 35.4 Å². The molecule has 0 radical (unpaired) electrons. The lowest BCUT2D eigenvalue weighted by molar-refractivity contribution is -0.137. The number of H-pyrrole nitrogens is 1. The van der Waals surface area contributed by atoms with Gasteiger partial charge < -0.3 is 19.9 Å². The second-order valence-corrected chi connectivity index (χ2v) is 9.61. The number of nitrogens with zero attached hydrogens (tertiary/aromatic N) is 1. The minimum atomic E-state index is -0.628. The highest BCUT2D eigenvalue weighted by molar-refractivity contribution is 5.93. The SMILES string of the molecule is O=C(NC1CCCCC1)[C@H]1[C@@H]2C=C[C@]3(CN(CCc4c[nH]c5ccccc45)C(=O)[C@H]13)O2. The number of carbonyl (C=O) groups excluding carboxylic acids is 2. The summed E-state index contributed by atoms with van der Waals surface area (Å²) in [5.74, 6) is -0.734. The summed E-state index contributed by atoms with van der Waals surface area (Å²) in [7, 11) is 0. The van der Waals surface area contributed by atoms with Crippen LogP contribution in [-0.4, -0.2) is 52.5 Å². The van der Waals surface area contributed by atoms with E-state index in [1.54, 1.807) is 0 Å². The Hall–Kier alpha value is -2.60. The molecule has 2 aromatic rings.